The Hall–Kier alpha value is -1.81. The van der Waals surface area contributed by atoms with E-state index in [1.54, 1.807) is 0 Å². The van der Waals surface area contributed by atoms with Gasteiger partial charge in [0.1, 0.15) is 18.6 Å². The molecule has 0 aliphatic carbocycles. The minimum absolute atomic E-state index is 0.00350. The third kappa shape index (κ3) is 4.91. The largest absolute Gasteiger partial charge is 0.491 e. The predicted octanol–water partition coefficient (Wildman–Crippen LogP) is 6.56. The van der Waals surface area contributed by atoms with E-state index in [2.05, 4.69) is 53.7 Å². The summed E-state index contributed by atoms with van der Waals surface area (Å²) >= 11 is 0. The molecule has 0 radical (unpaired) electrons. The number of rotatable bonds is 9. The van der Waals surface area contributed by atoms with Gasteiger partial charge >= 0.3 is 0 Å². The smallest absolute Gasteiger partial charge is 0.204 e. The summed E-state index contributed by atoms with van der Waals surface area (Å²) in [6, 6.07) is 6.31. The lowest BCUT2D eigenvalue weighted by molar-refractivity contribution is 0.0216. The van der Waals surface area contributed by atoms with Crippen molar-refractivity contribution in [1.29, 1.82) is 0 Å². The van der Waals surface area contributed by atoms with Gasteiger partial charge in [-0.3, -0.25) is 0 Å². The van der Waals surface area contributed by atoms with Gasteiger partial charge in [-0.1, -0.05) is 67.5 Å². The summed E-state index contributed by atoms with van der Waals surface area (Å²) in [5, 5.41) is 10.3. The molecular weight excluding hydrogens is 374 g/mol. The van der Waals surface area contributed by atoms with Crippen LogP contribution in [0.3, 0.4) is 0 Å². The van der Waals surface area contributed by atoms with Crippen LogP contribution in [0.5, 0.6) is 5.75 Å². The number of hydrogen-bond donors (Lipinski definition) is 1. The van der Waals surface area contributed by atoms with E-state index in [0.29, 0.717) is 0 Å². The standard InChI is InChI=1S/C26H41NO3/c1-10-25(8,9)21-16-30-23(27-21)26(11-2,12-3)19-13-14-20(18(4)15-19)29-17-22(28)24(5,6)7/h13-16,22,28H,10-12,17H2,1-9H3. The maximum atomic E-state index is 10.3. The molecule has 2 aromatic rings. The van der Waals surface area contributed by atoms with Crippen molar-refractivity contribution in [3.8, 4) is 5.75 Å². The van der Waals surface area contributed by atoms with E-state index >= 15 is 0 Å². The molecule has 1 aromatic heterocycles. The van der Waals surface area contributed by atoms with Gasteiger partial charge in [0.15, 0.2) is 0 Å². The molecule has 0 saturated heterocycles. The van der Waals surface area contributed by atoms with Gasteiger partial charge in [-0.05, 0) is 48.8 Å². The first-order valence-corrected chi connectivity index (χ1v) is 11.3. The van der Waals surface area contributed by atoms with Gasteiger partial charge in [0.05, 0.1) is 17.2 Å². The first kappa shape index (κ1) is 24.5. The minimum Gasteiger partial charge on any atom is -0.491 e. The summed E-state index contributed by atoms with van der Waals surface area (Å²) in [6.07, 6.45) is 4.12. The number of nitrogens with zero attached hydrogens (tertiary/aromatic N) is 1. The zero-order valence-electron chi connectivity index (χ0n) is 20.4. The molecule has 0 fully saturated rings. The molecule has 1 aromatic carbocycles. The van der Waals surface area contributed by atoms with Crippen LogP contribution in [0.4, 0.5) is 0 Å². The van der Waals surface area contributed by atoms with Gasteiger partial charge in [0.25, 0.3) is 0 Å². The third-order valence-electron chi connectivity index (χ3n) is 6.82. The van der Waals surface area contributed by atoms with Crippen molar-refractivity contribution in [3.05, 3.63) is 47.2 Å². The van der Waals surface area contributed by atoms with Crippen molar-refractivity contribution in [2.75, 3.05) is 6.61 Å². The molecule has 0 aliphatic rings. The van der Waals surface area contributed by atoms with E-state index in [9.17, 15) is 5.11 Å². The van der Waals surface area contributed by atoms with Crippen molar-refractivity contribution < 1.29 is 14.3 Å². The van der Waals surface area contributed by atoms with Crippen molar-refractivity contribution >= 4 is 0 Å². The molecule has 1 heterocycles. The molecule has 2 rings (SSSR count). The summed E-state index contributed by atoms with van der Waals surface area (Å²) in [5.74, 6) is 1.60. The fourth-order valence-corrected chi connectivity index (χ4v) is 3.60. The Morgan fingerprint density at radius 3 is 2.17 bits per heavy atom. The summed E-state index contributed by atoms with van der Waals surface area (Å²) < 4.78 is 12.0. The van der Waals surface area contributed by atoms with Crippen molar-refractivity contribution in [2.24, 2.45) is 5.41 Å². The number of aryl methyl sites for hydroxylation is 1. The van der Waals surface area contributed by atoms with Crippen LogP contribution >= 0.6 is 0 Å². The Kier molecular flexibility index (Phi) is 7.45. The highest BCUT2D eigenvalue weighted by Crippen LogP contribution is 2.41. The Morgan fingerprint density at radius 1 is 1.03 bits per heavy atom. The van der Waals surface area contributed by atoms with E-state index < -0.39 is 6.10 Å². The lowest BCUT2D eigenvalue weighted by Crippen LogP contribution is -2.32. The number of oxazole rings is 1. The molecule has 0 saturated carbocycles. The molecule has 1 atom stereocenters. The molecule has 0 bridgehead atoms. The van der Waals surface area contributed by atoms with Crippen LogP contribution in [0.25, 0.3) is 0 Å². The van der Waals surface area contributed by atoms with E-state index in [-0.39, 0.29) is 22.9 Å². The average molecular weight is 416 g/mol. The maximum absolute atomic E-state index is 10.3. The predicted molar refractivity (Wildman–Crippen MR) is 123 cm³/mol. The number of aliphatic hydroxyl groups excluding tert-OH is 1. The van der Waals surface area contributed by atoms with Crippen molar-refractivity contribution in [1.82, 2.24) is 4.98 Å². The van der Waals surface area contributed by atoms with E-state index in [0.717, 1.165) is 42.2 Å². The van der Waals surface area contributed by atoms with Gasteiger partial charge in [0.2, 0.25) is 5.89 Å². The molecule has 0 amide bonds. The summed E-state index contributed by atoms with van der Waals surface area (Å²) in [5.41, 5.74) is 2.78. The van der Waals surface area contributed by atoms with Crippen LogP contribution in [-0.2, 0) is 10.8 Å². The van der Waals surface area contributed by atoms with E-state index in [4.69, 9.17) is 14.1 Å². The second-order valence-electron chi connectivity index (χ2n) is 10.2. The Bertz CT molecular complexity index is 825. The first-order valence-electron chi connectivity index (χ1n) is 11.3. The maximum Gasteiger partial charge on any atom is 0.204 e. The van der Waals surface area contributed by atoms with Gasteiger partial charge in [0, 0.05) is 5.41 Å². The van der Waals surface area contributed by atoms with Gasteiger partial charge in [-0.15, -0.1) is 0 Å². The molecule has 1 unspecified atom stereocenters. The number of hydrogen-bond acceptors (Lipinski definition) is 4. The van der Waals surface area contributed by atoms with Crippen molar-refractivity contribution in [3.63, 3.8) is 0 Å². The molecule has 0 aliphatic heterocycles. The Labute approximate surface area is 183 Å². The fourth-order valence-electron chi connectivity index (χ4n) is 3.60. The minimum atomic E-state index is -0.519. The quantitative estimate of drug-likeness (QED) is 0.504. The average Bonchev–Trinajstić information content (AvgIpc) is 3.19. The van der Waals surface area contributed by atoms with Crippen molar-refractivity contribution in [2.45, 2.75) is 98.5 Å². The lowest BCUT2D eigenvalue weighted by atomic mass is 9.75. The zero-order valence-corrected chi connectivity index (χ0v) is 20.4. The van der Waals surface area contributed by atoms with E-state index in [1.807, 2.05) is 33.1 Å². The third-order valence-corrected chi connectivity index (χ3v) is 6.82. The van der Waals surface area contributed by atoms with Gasteiger partial charge in [-0.2, -0.15) is 0 Å². The number of ether oxygens (including phenoxy) is 1. The molecule has 4 nitrogen and oxygen atoms in total. The summed E-state index contributed by atoms with van der Waals surface area (Å²) in [7, 11) is 0. The summed E-state index contributed by atoms with van der Waals surface area (Å²) in [4.78, 5) is 4.95. The monoisotopic (exact) mass is 415 g/mol. The number of benzene rings is 1. The number of aliphatic hydroxyl groups is 1. The SMILES string of the molecule is CCC(C)(C)c1coc(C(CC)(CC)c2ccc(OCC(O)C(C)(C)C)c(C)c2)n1. The zero-order chi connectivity index (χ0) is 22.7. The molecule has 30 heavy (non-hydrogen) atoms. The van der Waals surface area contributed by atoms with Crippen LogP contribution in [0.2, 0.25) is 0 Å². The molecule has 1 N–H and O–H groups in total. The Balaban J connectivity index is 2.35. The van der Waals surface area contributed by atoms with Crippen LogP contribution in [0.1, 0.15) is 97.4 Å². The van der Waals surface area contributed by atoms with Crippen LogP contribution < -0.4 is 4.74 Å². The second-order valence-corrected chi connectivity index (χ2v) is 10.2. The van der Waals surface area contributed by atoms with E-state index in [1.165, 1.54) is 5.56 Å². The summed E-state index contributed by atoms with van der Waals surface area (Å²) in [6.45, 7) is 19.3. The molecule has 4 heteroatoms. The molecular formula is C26H41NO3. The van der Waals surface area contributed by atoms with Crippen LogP contribution in [0, 0.1) is 12.3 Å². The molecule has 0 spiro atoms. The topological polar surface area (TPSA) is 55.5 Å². The van der Waals surface area contributed by atoms with Crippen LogP contribution in [0.15, 0.2) is 28.9 Å². The first-order chi connectivity index (χ1) is 13.9. The normalized spacial score (nSPS) is 14.1. The Morgan fingerprint density at radius 2 is 1.67 bits per heavy atom. The van der Waals surface area contributed by atoms with Gasteiger partial charge < -0.3 is 14.3 Å². The van der Waals surface area contributed by atoms with Crippen LogP contribution in [-0.4, -0.2) is 22.8 Å². The molecule has 168 valence electrons. The second kappa shape index (κ2) is 9.13. The fraction of sp³-hybridized carbons (Fsp3) is 0.654. The van der Waals surface area contributed by atoms with Gasteiger partial charge in [-0.25, -0.2) is 4.98 Å². The highest BCUT2D eigenvalue weighted by Gasteiger charge is 2.37. The number of aromatic nitrogens is 1. The highest BCUT2D eigenvalue weighted by atomic mass is 16.5. The lowest BCUT2D eigenvalue weighted by Gasteiger charge is -2.30. The highest BCUT2D eigenvalue weighted by molar-refractivity contribution is 5.42.